The van der Waals surface area contributed by atoms with Gasteiger partial charge in [-0.15, -0.1) is 0 Å². The average Bonchev–Trinajstić information content (AvgIpc) is 2.98. The van der Waals surface area contributed by atoms with Gasteiger partial charge in [-0.25, -0.2) is 22.0 Å². The van der Waals surface area contributed by atoms with Crippen molar-refractivity contribution < 1.29 is 22.0 Å². The molecule has 0 spiro atoms. The summed E-state index contributed by atoms with van der Waals surface area (Å²) in [6, 6.07) is 12.4. The monoisotopic (exact) mass is 471 g/mol. The third-order valence-corrected chi connectivity index (χ3v) is 7.15. The molecule has 170 valence electrons. The molecule has 0 aliphatic carbocycles. The molecule has 1 amide bonds. The van der Waals surface area contributed by atoms with Gasteiger partial charge >= 0.3 is 5.69 Å². The van der Waals surface area contributed by atoms with Crippen molar-refractivity contribution in [2.75, 3.05) is 5.32 Å². The SMILES string of the molecule is Cn1c(=O)n(C)c2cc(S(=O)(=O)c3ccc(F)cc3)c(NC(=O)Cc3ccc(F)cc3)cc21. The lowest BCUT2D eigenvalue weighted by atomic mass is 10.1. The average molecular weight is 471 g/mol. The highest BCUT2D eigenvalue weighted by Crippen LogP contribution is 2.32. The Morgan fingerprint density at radius 3 is 1.97 bits per heavy atom. The molecule has 0 aliphatic heterocycles. The summed E-state index contributed by atoms with van der Waals surface area (Å²) < 4.78 is 55.9. The van der Waals surface area contributed by atoms with E-state index in [0.29, 0.717) is 16.6 Å². The largest absolute Gasteiger partial charge is 0.328 e. The highest BCUT2D eigenvalue weighted by Gasteiger charge is 2.25. The Labute approximate surface area is 187 Å². The number of nitrogens with one attached hydrogen (secondary N) is 1. The van der Waals surface area contributed by atoms with E-state index in [1.165, 1.54) is 59.6 Å². The molecule has 0 saturated carbocycles. The van der Waals surface area contributed by atoms with Gasteiger partial charge in [-0.2, -0.15) is 0 Å². The fraction of sp³-hybridized carbons (Fsp3) is 0.130. The predicted octanol–water partition coefficient (Wildman–Crippen LogP) is 3.17. The van der Waals surface area contributed by atoms with Crippen LogP contribution in [0.2, 0.25) is 0 Å². The fourth-order valence-electron chi connectivity index (χ4n) is 3.57. The van der Waals surface area contributed by atoms with E-state index in [-0.39, 0.29) is 27.6 Å². The number of anilines is 1. The summed E-state index contributed by atoms with van der Waals surface area (Å²) in [5, 5.41) is 2.60. The Morgan fingerprint density at radius 2 is 1.39 bits per heavy atom. The standard InChI is InChI=1S/C23H19F2N3O4S/c1-27-19-12-18(26-22(29)11-14-3-5-15(24)6-4-14)21(13-20(19)28(2)23(27)30)33(31,32)17-9-7-16(25)8-10-17/h3-10,12-13H,11H2,1-2H3,(H,26,29). The Bertz CT molecular complexity index is 1540. The molecule has 7 nitrogen and oxygen atoms in total. The summed E-state index contributed by atoms with van der Waals surface area (Å²) in [4.78, 5) is 24.7. The Balaban J connectivity index is 1.83. The molecule has 10 heteroatoms. The summed E-state index contributed by atoms with van der Waals surface area (Å²) in [5.74, 6) is -1.57. The summed E-state index contributed by atoms with van der Waals surface area (Å²) in [6.07, 6.45) is -0.123. The molecule has 1 N–H and O–H groups in total. The second-order valence-electron chi connectivity index (χ2n) is 7.55. The number of amides is 1. The van der Waals surface area contributed by atoms with Gasteiger partial charge < -0.3 is 5.32 Å². The first-order chi connectivity index (χ1) is 15.6. The van der Waals surface area contributed by atoms with E-state index in [4.69, 9.17) is 0 Å². The number of aromatic nitrogens is 2. The van der Waals surface area contributed by atoms with Crippen LogP contribution in [0.5, 0.6) is 0 Å². The zero-order valence-corrected chi connectivity index (χ0v) is 18.5. The maximum atomic E-state index is 13.4. The molecule has 3 aromatic carbocycles. The van der Waals surface area contributed by atoms with Gasteiger partial charge in [0.15, 0.2) is 0 Å². The van der Waals surface area contributed by atoms with Crippen molar-refractivity contribution in [1.82, 2.24) is 9.13 Å². The number of benzene rings is 3. The number of hydrogen-bond donors (Lipinski definition) is 1. The fourth-order valence-corrected chi connectivity index (χ4v) is 4.98. The molecule has 0 bridgehead atoms. The first-order valence-corrected chi connectivity index (χ1v) is 11.3. The van der Waals surface area contributed by atoms with Crippen molar-refractivity contribution in [3.05, 3.63) is 88.3 Å². The van der Waals surface area contributed by atoms with Crippen molar-refractivity contribution in [2.45, 2.75) is 16.2 Å². The lowest BCUT2D eigenvalue weighted by molar-refractivity contribution is -0.115. The zero-order valence-electron chi connectivity index (χ0n) is 17.7. The van der Waals surface area contributed by atoms with Crippen LogP contribution in [0.25, 0.3) is 11.0 Å². The van der Waals surface area contributed by atoms with Crippen LogP contribution in [0.1, 0.15) is 5.56 Å². The third-order valence-electron chi connectivity index (χ3n) is 5.34. The highest BCUT2D eigenvalue weighted by molar-refractivity contribution is 7.91. The minimum atomic E-state index is -4.18. The minimum absolute atomic E-state index is 0.0277. The number of fused-ring (bicyclic) bond motifs is 1. The van der Waals surface area contributed by atoms with Gasteiger partial charge in [0, 0.05) is 14.1 Å². The van der Waals surface area contributed by atoms with E-state index in [9.17, 15) is 26.8 Å². The first kappa shape index (κ1) is 22.4. The molecule has 1 aromatic heterocycles. The first-order valence-electron chi connectivity index (χ1n) is 9.82. The van der Waals surface area contributed by atoms with Gasteiger partial charge in [0.2, 0.25) is 15.7 Å². The van der Waals surface area contributed by atoms with E-state index in [2.05, 4.69) is 5.32 Å². The molecule has 4 rings (SSSR count). The van der Waals surface area contributed by atoms with Crippen LogP contribution in [0.3, 0.4) is 0 Å². The molecule has 0 atom stereocenters. The molecule has 0 radical (unpaired) electrons. The normalized spacial score (nSPS) is 11.6. The molecular formula is C23H19F2N3O4S. The second kappa shape index (κ2) is 8.28. The number of hydrogen-bond acceptors (Lipinski definition) is 4. The molecule has 1 heterocycles. The van der Waals surface area contributed by atoms with Crippen molar-refractivity contribution in [3.8, 4) is 0 Å². The summed E-state index contributed by atoms with van der Waals surface area (Å²) in [6.45, 7) is 0. The lowest BCUT2D eigenvalue weighted by Crippen LogP contribution is -2.19. The number of halogens is 2. The molecular weight excluding hydrogens is 452 g/mol. The Morgan fingerprint density at radius 1 is 0.879 bits per heavy atom. The van der Waals surface area contributed by atoms with Crippen LogP contribution in [0.15, 0.2) is 75.2 Å². The predicted molar refractivity (Wildman–Crippen MR) is 119 cm³/mol. The number of carbonyl (C=O) groups excluding carboxylic acids is 1. The van der Waals surface area contributed by atoms with Gasteiger partial charge in [0.25, 0.3) is 0 Å². The molecule has 0 unspecified atom stereocenters. The van der Waals surface area contributed by atoms with Crippen LogP contribution in [0, 0.1) is 11.6 Å². The van der Waals surface area contributed by atoms with Crippen LogP contribution < -0.4 is 11.0 Å². The number of rotatable bonds is 5. The molecule has 33 heavy (non-hydrogen) atoms. The lowest BCUT2D eigenvalue weighted by Gasteiger charge is -2.13. The van der Waals surface area contributed by atoms with Crippen LogP contribution in [0.4, 0.5) is 14.5 Å². The van der Waals surface area contributed by atoms with Gasteiger partial charge in [-0.3, -0.25) is 13.9 Å². The van der Waals surface area contributed by atoms with Crippen LogP contribution >= 0.6 is 0 Å². The van der Waals surface area contributed by atoms with Gasteiger partial charge in [0.1, 0.15) is 11.6 Å². The summed E-state index contributed by atoms with van der Waals surface area (Å²) in [5.41, 5.74) is 0.896. The molecule has 0 saturated heterocycles. The molecule has 4 aromatic rings. The number of imidazole rings is 1. The quantitative estimate of drug-likeness (QED) is 0.453. The smallest absolute Gasteiger partial charge is 0.325 e. The van der Waals surface area contributed by atoms with E-state index in [1.807, 2.05) is 0 Å². The number of nitrogens with zero attached hydrogens (tertiary/aromatic N) is 2. The number of carbonyl (C=O) groups is 1. The van der Waals surface area contributed by atoms with E-state index >= 15 is 0 Å². The summed E-state index contributed by atoms with van der Waals surface area (Å²) in [7, 11) is -1.14. The van der Waals surface area contributed by atoms with Crippen molar-refractivity contribution in [3.63, 3.8) is 0 Å². The molecule has 0 fully saturated rings. The number of sulfone groups is 1. The minimum Gasteiger partial charge on any atom is -0.325 e. The van der Waals surface area contributed by atoms with Gasteiger partial charge in [0.05, 0.1) is 32.9 Å². The molecule has 0 aliphatic rings. The van der Waals surface area contributed by atoms with E-state index < -0.39 is 27.4 Å². The van der Waals surface area contributed by atoms with Crippen LogP contribution in [-0.2, 0) is 35.1 Å². The number of aryl methyl sites for hydroxylation is 2. The zero-order chi connectivity index (χ0) is 23.9. The van der Waals surface area contributed by atoms with Gasteiger partial charge in [-0.05, 0) is 54.1 Å². The van der Waals surface area contributed by atoms with E-state index in [1.54, 1.807) is 0 Å². The Hall–Kier alpha value is -3.79. The van der Waals surface area contributed by atoms with E-state index in [0.717, 1.165) is 24.3 Å². The van der Waals surface area contributed by atoms with Crippen molar-refractivity contribution >= 4 is 32.5 Å². The Kier molecular flexibility index (Phi) is 5.62. The van der Waals surface area contributed by atoms with Crippen molar-refractivity contribution in [2.24, 2.45) is 14.1 Å². The third kappa shape index (κ3) is 4.17. The summed E-state index contributed by atoms with van der Waals surface area (Å²) >= 11 is 0. The second-order valence-corrected chi connectivity index (χ2v) is 9.46. The highest BCUT2D eigenvalue weighted by atomic mass is 32.2. The topological polar surface area (TPSA) is 90.2 Å². The van der Waals surface area contributed by atoms with Crippen molar-refractivity contribution in [1.29, 1.82) is 0 Å². The van der Waals surface area contributed by atoms with Crippen LogP contribution in [-0.4, -0.2) is 23.5 Å². The maximum absolute atomic E-state index is 13.4. The van der Waals surface area contributed by atoms with Gasteiger partial charge in [-0.1, -0.05) is 12.1 Å². The maximum Gasteiger partial charge on any atom is 0.328 e.